The third kappa shape index (κ3) is 9.75. The highest BCUT2D eigenvalue weighted by Crippen LogP contribution is 2.12. The van der Waals surface area contributed by atoms with E-state index in [4.69, 9.17) is 9.47 Å². The number of phenolic OH excluding ortho intramolecular Hbond substituents is 1. The molecule has 4 N–H and O–H groups in total. The molecule has 0 fully saturated rings. The van der Waals surface area contributed by atoms with Gasteiger partial charge < -0.3 is 30.5 Å². The van der Waals surface area contributed by atoms with Crippen molar-refractivity contribution in [2.75, 3.05) is 13.7 Å². The number of alkyl carbamates (subject to hydrolysis) is 1. The second-order valence-electron chi connectivity index (χ2n) is 7.78. The van der Waals surface area contributed by atoms with Crippen molar-refractivity contribution in [2.24, 2.45) is 0 Å². The van der Waals surface area contributed by atoms with Gasteiger partial charge in [-0.05, 0) is 29.7 Å². The van der Waals surface area contributed by atoms with E-state index in [0.29, 0.717) is 18.4 Å². The minimum absolute atomic E-state index is 0.0610. The van der Waals surface area contributed by atoms with Crippen LogP contribution in [0.2, 0.25) is 0 Å². The van der Waals surface area contributed by atoms with Crippen molar-refractivity contribution in [3.8, 4) is 5.75 Å². The van der Waals surface area contributed by atoms with Crippen LogP contribution < -0.4 is 16.0 Å². The van der Waals surface area contributed by atoms with Gasteiger partial charge in [-0.25, -0.2) is 9.59 Å². The minimum Gasteiger partial charge on any atom is -0.508 e. The molecule has 0 spiro atoms. The summed E-state index contributed by atoms with van der Waals surface area (Å²) in [6.07, 6.45) is 0.353. The maximum atomic E-state index is 12.6. The van der Waals surface area contributed by atoms with Crippen molar-refractivity contribution in [3.63, 3.8) is 0 Å². The lowest BCUT2D eigenvalue weighted by Gasteiger charge is -2.19. The van der Waals surface area contributed by atoms with Gasteiger partial charge in [0, 0.05) is 6.42 Å². The van der Waals surface area contributed by atoms with Crippen molar-refractivity contribution in [1.82, 2.24) is 16.0 Å². The molecular formula is C25H31N3O7. The summed E-state index contributed by atoms with van der Waals surface area (Å²) in [4.78, 5) is 49.2. The largest absolute Gasteiger partial charge is 0.508 e. The lowest BCUT2D eigenvalue weighted by Crippen LogP contribution is -2.51. The molecule has 0 aliphatic rings. The first-order valence-electron chi connectivity index (χ1n) is 11.2. The molecule has 0 saturated carbocycles. The fourth-order valence-corrected chi connectivity index (χ4v) is 3.20. The Bertz CT molecular complexity index is 980. The summed E-state index contributed by atoms with van der Waals surface area (Å²) in [5, 5.41) is 16.9. The van der Waals surface area contributed by atoms with Gasteiger partial charge in [0.25, 0.3) is 0 Å². The highest BCUT2D eigenvalue weighted by atomic mass is 16.5. The Morgan fingerprint density at radius 1 is 0.914 bits per heavy atom. The van der Waals surface area contributed by atoms with Crippen LogP contribution in [0.3, 0.4) is 0 Å². The molecule has 2 atom stereocenters. The van der Waals surface area contributed by atoms with E-state index in [2.05, 4.69) is 16.0 Å². The molecule has 2 rings (SSSR count). The van der Waals surface area contributed by atoms with Gasteiger partial charge in [0.15, 0.2) is 0 Å². The third-order valence-corrected chi connectivity index (χ3v) is 5.02. The first-order valence-corrected chi connectivity index (χ1v) is 11.2. The fraction of sp³-hybridized carbons (Fsp3) is 0.360. The second kappa shape index (κ2) is 14.2. The molecule has 188 valence electrons. The zero-order valence-electron chi connectivity index (χ0n) is 19.8. The molecule has 35 heavy (non-hydrogen) atoms. The molecule has 0 saturated heterocycles. The SMILES string of the molecule is CCC[C@H](NC(=O)OCc1ccccc1)C(=O)NCC(=O)N[C@H](Cc1ccc(O)cc1)C(=O)OC. The summed E-state index contributed by atoms with van der Waals surface area (Å²) in [6.45, 7) is 1.52. The Balaban J connectivity index is 1.86. The number of aromatic hydroxyl groups is 1. The molecular weight excluding hydrogens is 454 g/mol. The minimum atomic E-state index is -0.980. The highest BCUT2D eigenvalue weighted by Gasteiger charge is 2.24. The van der Waals surface area contributed by atoms with Gasteiger partial charge in [-0.15, -0.1) is 0 Å². The fourth-order valence-electron chi connectivity index (χ4n) is 3.20. The van der Waals surface area contributed by atoms with E-state index >= 15 is 0 Å². The first kappa shape index (κ1) is 27.2. The molecule has 0 aromatic heterocycles. The van der Waals surface area contributed by atoms with Crippen LogP contribution in [0.25, 0.3) is 0 Å². The number of rotatable bonds is 12. The average molecular weight is 486 g/mol. The molecule has 0 heterocycles. The Kier molecular flexibility index (Phi) is 11.1. The van der Waals surface area contributed by atoms with Crippen molar-refractivity contribution >= 4 is 23.9 Å². The van der Waals surface area contributed by atoms with Gasteiger partial charge in [0.05, 0.1) is 13.7 Å². The summed E-state index contributed by atoms with van der Waals surface area (Å²) in [6, 6.07) is 13.4. The van der Waals surface area contributed by atoms with Crippen molar-refractivity contribution in [2.45, 2.75) is 44.9 Å². The quantitative estimate of drug-likeness (QED) is 0.336. The normalized spacial score (nSPS) is 12.1. The van der Waals surface area contributed by atoms with Crippen LogP contribution >= 0.6 is 0 Å². The number of esters is 1. The number of hydrogen-bond acceptors (Lipinski definition) is 7. The summed E-state index contributed by atoms with van der Waals surface area (Å²) < 4.78 is 9.91. The van der Waals surface area contributed by atoms with Crippen LogP contribution in [-0.2, 0) is 36.9 Å². The number of carbonyl (C=O) groups is 4. The highest BCUT2D eigenvalue weighted by molar-refractivity contribution is 5.91. The number of hydrogen-bond donors (Lipinski definition) is 4. The van der Waals surface area contributed by atoms with Crippen molar-refractivity contribution < 1.29 is 33.8 Å². The standard InChI is InChI=1S/C25H31N3O7/c1-3-7-20(28-25(33)35-16-18-8-5-4-6-9-18)23(31)26-15-22(30)27-21(24(32)34-2)14-17-10-12-19(29)13-11-17/h4-6,8-13,20-21,29H,3,7,14-16H2,1-2H3,(H,26,31)(H,27,30)(H,28,33)/t20-,21+/m0/s1. The maximum Gasteiger partial charge on any atom is 0.408 e. The van der Waals surface area contributed by atoms with E-state index in [1.165, 1.54) is 19.2 Å². The summed E-state index contributed by atoms with van der Waals surface area (Å²) >= 11 is 0. The number of amides is 3. The van der Waals surface area contributed by atoms with Crippen molar-refractivity contribution in [1.29, 1.82) is 0 Å². The van der Waals surface area contributed by atoms with E-state index in [1.807, 2.05) is 37.3 Å². The second-order valence-corrected chi connectivity index (χ2v) is 7.78. The molecule has 0 aliphatic carbocycles. The lowest BCUT2D eigenvalue weighted by molar-refractivity contribution is -0.145. The summed E-state index contributed by atoms with van der Waals surface area (Å²) in [7, 11) is 1.21. The Hall–Kier alpha value is -4.08. The number of nitrogens with one attached hydrogen (secondary N) is 3. The number of carbonyl (C=O) groups excluding carboxylic acids is 4. The Morgan fingerprint density at radius 2 is 1.60 bits per heavy atom. The lowest BCUT2D eigenvalue weighted by atomic mass is 10.1. The van der Waals surface area contributed by atoms with Crippen molar-refractivity contribution in [3.05, 3.63) is 65.7 Å². The van der Waals surface area contributed by atoms with Crippen LogP contribution in [0.1, 0.15) is 30.9 Å². The van der Waals surface area contributed by atoms with E-state index in [1.54, 1.807) is 12.1 Å². The predicted octanol–water partition coefficient (Wildman–Crippen LogP) is 1.80. The molecule has 0 aliphatic heterocycles. The number of benzene rings is 2. The molecule has 10 heteroatoms. The van der Waals surface area contributed by atoms with Gasteiger partial charge in [0.1, 0.15) is 24.4 Å². The van der Waals surface area contributed by atoms with Gasteiger partial charge in [-0.1, -0.05) is 55.8 Å². The topological polar surface area (TPSA) is 143 Å². The predicted molar refractivity (Wildman–Crippen MR) is 127 cm³/mol. The average Bonchev–Trinajstić information content (AvgIpc) is 2.86. The van der Waals surface area contributed by atoms with Crippen LogP contribution in [0.4, 0.5) is 4.79 Å². The molecule has 0 radical (unpaired) electrons. The number of ether oxygens (including phenoxy) is 2. The summed E-state index contributed by atoms with van der Waals surface area (Å²) in [5.41, 5.74) is 1.51. The molecule has 2 aromatic carbocycles. The van der Waals surface area contributed by atoms with Gasteiger partial charge in [0.2, 0.25) is 11.8 Å². The first-order chi connectivity index (χ1) is 16.8. The Labute approximate surface area is 204 Å². The zero-order chi connectivity index (χ0) is 25.6. The van der Waals surface area contributed by atoms with E-state index < -0.39 is 42.5 Å². The van der Waals surface area contributed by atoms with E-state index in [9.17, 15) is 24.3 Å². The molecule has 10 nitrogen and oxygen atoms in total. The van der Waals surface area contributed by atoms with E-state index in [0.717, 1.165) is 5.56 Å². The smallest absolute Gasteiger partial charge is 0.408 e. The number of phenols is 1. The van der Waals surface area contributed by atoms with Crippen LogP contribution in [-0.4, -0.2) is 54.7 Å². The molecule has 0 unspecified atom stereocenters. The monoisotopic (exact) mass is 485 g/mol. The molecule has 3 amide bonds. The van der Waals surface area contributed by atoms with Crippen LogP contribution in [0, 0.1) is 0 Å². The van der Waals surface area contributed by atoms with Gasteiger partial charge in [-0.2, -0.15) is 0 Å². The summed E-state index contributed by atoms with van der Waals surface area (Å²) in [5.74, 6) is -1.72. The maximum absolute atomic E-state index is 12.6. The van der Waals surface area contributed by atoms with Crippen LogP contribution in [0.15, 0.2) is 54.6 Å². The Morgan fingerprint density at radius 3 is 2.23 bits per heavy atom. The van der Waals surface area contributed by atoms with E-state index in [-0.39, 0.29) is 18.8 Å². The van der Waals surface area contributed by atoms with Crippen LogP contribution in [0.5, 0.6) is 5.75 Å². The van der Waals surface area contributed by atoms with Gasteiger partial charge >= 0.3 is 12.1 Å². The number of methoxy groups -OCH3 is 1. The van der Waals surface area contributed by atoms with Gasteiger partial charge in [-0.3, -0.25) is 9.59 Å². The molecule has 0 bridgehead atoms. The molecule has 2 aromatic rings. The third-order valence-electron chi connectivity index (χ3n) is 5.02. The zero-order valence-corrected chi connectivity index (χ0v) is 19.8.